The minimum Gasteiger partial charge on any atom is -0.314 e. The molecule has 2 nitrogen and oxygen atoms in total. The third kappa shape index (κ3) is 4.45. The number of carbonyl (C=O) groups is 1. The largest absolute Gasteiger partial charge is 0.314 e. The fourth-order valence-electron chi connectivity index (χ4n) is 3.34. The molecule has 1 fully saturated rings. The van der Waals surface area contributed by atoms with Crippen molar-refractivity contribution in [2.45, 2.75) is 63.3 Å². The predicted octanol–water partition coefficient (Wildman–Crippen LogP) is 3.89. The van der Waals surface area contributed by atoms with E-state index in [1.54, 1.807) is 0 Å². The van der Waals surface area contributed by atoms with Crippen LogP contribution in [-0.4, -0.2) is 18.4 Å². The van der Waals surface area contributed by atoms with E-state index < -0.39 is 0 Å². The zero-order chi connectivity index (χ0) is 14.3. The van der Waals surface area contributed by atoms with Gasteiger partial charge in [0.2, 0.25) is 0 Å². The van der Waals surface area contributed by atoms with Crippen molar-refractivity contribution in [2.75, 3.05) is 7.05 Å². The first-order valence-electron chi connectivity index (χ1n) is 7.99. The Bertz CT molecular complexity index is 407. The summed E-state index contributed by atoms with van der Waals surface area (Å²) >= 11 is 0. The quantitative estimate of drug-likeness (QED) is 0.816. The van der Waals surface area contributed by atoms with E-state index in [2.05, 4.69) is 29.6 Å². The minimum atomic E-state index is 0.0993. The van der Waals surface area contributed by atoms with Crippen molar-refractivity contribution < 1.29 is 4.79 Å². The molecule has 0 unspecified atom stereocenters. The molecule has 2 heteroatoms. The molecule has 0 atom stereocenters. The van der Waals surface area contributed by atoms with Crippen LogP contribution in [0.4, 0.5) is 0 Å². The molecule has 1 aliphatic carbocycles. The Morgan fingerprint density at radius 2 is 1.85 bits per heavy atom. The number of rotatable bonds is 7. The molecular weight excluding hydrogens is 246 g/mol. The van der Waals surface area contributed by atoms with Gasteiger partial charge in [-0.25, -0.2) is 0 Å². The van der Waals surface area contributed by atoms with Crippen LogP contribution in [0.15, 0.2) is 30.3 Å². The maximum atomic E-state index is 12.2. The van der Waals surface area contributed by atoms with Gasteiger partial charge in [-0.3, -0.25) is 4.79 Å². The fraction of sp³-hybridized carbons (Fsp3) is 0.611. The van der Waals surface area contributed by atoms with Gasteiger partial charge in [0, 0.05) is 18.4 Å². The molecule has 0 aromatic heterocycles. The zero-order valence-corrected chi connectivity index (χ0v) is 12.7. The molecule has 1 N–H and O–H groups in total. The van der Waals surface area contributed by atoms with Gasteiger partial charge >= 0.3 is 0 Å². The number of benzene rings is 1. The van der Waals surface area contributed by atoms with Gasteiger partial charge in [-0.1, -0.05) is 49.6 Å². The molecule has 0 spiro atoms. The van der Waals surface area contributed by atoms with Crippen LogP contribution < -0.4 is 5.32 Å². The summed E-state index contributed by atoms with van der Waals surface area (Å²) in [6.45, 7) is 0. The van der Waals surface area contributed by atoms with E-state index in [1.165, 1.54) is 24.8 Å². The standard InChI is InChI=1S/C18H27NO/c1-19-18(13-6-3-7-14-18)15-17(20)12-8-11-16-9-4-2-5-10-16/h2,4-5,9-10,19H,3,6-8,11-15H2,1H3. The van der Waals surface area contributed by atoms with E-state index in [-0.39, 0.29) is 5.54 Å². The molecule has 0 amide bonds. The van der Waals surface area contributed by atoms with E-state index >= 15 is 0 Å². The normalized spacial score (nSPS) is 17.9. The number of ketones is 1. The van der Waals surface area contributed by atoms with Crippen molar-refractivity contribution >= 4 is 5.78 Å². The molecule has 1 aromatic carbocycles. The number of hydrogen-bond acceptors (Lipinski definition) is 2. The van der Waals surface area contributed by atoms with E-state index in [1.807, 2.05) is 13.1 Å². The van der Waals surface area contributed by atoms with Crippen LogP contribution in [0.25, 0.3) is 0 Å². The average Bonchev–Trinajstić information content (AvgIpc) is 2.49. The summed E-state index contributed by atoms with van der Waals surface area (Å²) in [5.74, 6) is 0.428. The molecule has 0 aliphatic heterocycles. The number of nitrogens with one attached hydrogen (secondary N) is 1. The molecule has 0 saturated heterocycles. The summed E-state index contributed by atoms with van der Waals surface area (Å²) in [6, 6.07) is 10.4. The van der Waals surface area contributed by atoms with Crippen molar-refractivity contribution in [3.8, 4) is 0 Å². The number of hydrogen-bond donors (Lipinski definition) is 1. The summed E-state index contributed by atoms with van der Waals surface area (Å²) in [6.07, 6.45) is 9.60. The maximum absolute atomic E-state index is 12.2. The molecular formula is C18H27NO. The third-order valence-electron chi connectivity index (χ3n) is 4.64. The molecule has 0 radical (unpaired) electrons. The molecule has 1 aromatic rings. The van der Waals surface area contributed by atoms with Crippen LogP contribution in [0.5, 0.6) is 0 Å². The third-order valence-corrected chi connectivity index (χ3v) is 4.64. The smallest absolute Gasteiger partial charge is 0.134 e. The van der Waals surface area contributed by atoms with Crippen LogP contribution in [-0.2, 0) is 11.2 Å². The van der Waals surface area contributed by atoms with Gasteiger partial charge in [0.05, 0.1) is 0 Å². The summed E-state index contributed by atoms with van der Waals surface area (Å²) in [5.41, 5.74) is 1.43. The Labute approximate surface area is 123 Å². The Balaban J connectivity index is 1.74. The van der Waals surface area contributed by atoms with Gasteiger partial charge in [-0.2, -0.15) is 0 Å². The topological polar surface area (TPSA) is 29.1 Å². The fourth-order valence-corrected chi connectivity index (χ4v) is 3.34. The lowest BCUT2D eigenvalue weighted by atomic mass is 9.78. The van der Waals surface area contributed by atoms with Crippen molar-refractivity contribution in [1.82, 2.24) is 5.32 Å². The Morgan fingerprint density at radius 3 is 2.50 bits per heavy atom. The molecule has 2 rings (SSSR count). The molecule has 0 heterocycles. The van der Waals surface area contributed by atoms with Crippen molar-refractivity contribution in [3.05, 3.63) is 35.9 Å². The van der Waals surface area contributed by atoms with Crippen LogP contribution in [0.2, 0.25) is 0 Å². The van der Waals surface area contributed by atoms with Gasteiger partial charge in [-0.05, 0) is 38.3 Å². The highest BCUT2D eigenvalue weighted by molar-refractivity contribution is 5.79. The Kier molecular flexibility index (Phi) is 5.78. The van der Waals surface area contributed by atoms with Gasteiger partial charge in [0.1, 0.15) is 5.78 Å². The molecule has 110 valence electrons. The Hall–Kier alpha value is -1.15. The maximum Gasteiger partial charge on any atom is 0.134 e. The van der Waals surface area contributed by atoms with Gasteiger partial charge in [-0.15, -0.1) is 0 Å². The zero-order valence-electron chi connectivity index (χ0n) is 12.7. The van der Waals surface area contributed by atoms with Crippen molar-refractivity contribution in [3.63, 3.8) is 0 Å². The first kappa shape index (κ1) is 15.2. The molecule has 1 saturated carbocycles. The van der Waals surface area contributed by atoms with Crippen LogP contribution in [0, 0.1) is 0 Å². The molecule has 20 heavy (non-hydrogen) atoms. The predicted molar refractivity (Wildman–Crippen MR) is 83.9 cm³/mol. The highest BCUT2D eigenvalue weighted by Crippen LogP contribution is 2.31. The van der Waals surface area contributed by atoms with E-state index in [9.17, 15) is 4.79 Å². The van der Waals surface area contributed by atoms with E-state index in [0.29, 0.717) is 5.78 Å². The Morgan fingerprint density at radius 1 is 1.15 bits per heavy atom. The lowest BCUT2D eigenvalue weighted by molar-refractivity contribution is -0.120. The summed E-state index contributed by atoms with van der Waals surface area (Å²) in [4.78, 5) is 12.2. The lowest BCUT2D eigenvalue weighted by Gasteiger charge is -2.36. The highest BCUT2D eigenvalue weighted by Gasteiger charge is 2.32. The monoisotopic (exact) mass is 273 g/mol. The second-order valence-corrected chi connectivity index (χ2v) is 6.15. The van der Waals surface area contributed by atoms with Crippen molar-refractivity contribution in [1.29, 1.82) is 0 Å². The summed E-state index contributed by atoms with van der Waals surface area (Å²) in [7, 11) is 2.02. The molecule has 1 aliphatic rings. The number of carbonyl (C=O) groups excluding carboxylic acids is 1. The first-order valence-corrected chi connectivity index (χ1v) is 7.99. The summed E-state index contributed by atoms with van der Waals surface area (Å²) in [5, 5.41) is 3.44. The van der Waals surface area contributed by atoms with Crippen LogP contribution >= 0.6 is 0 Å². The van der Waals surface area contributed by atoms with Gasteiger partial charge < -0.3 is 5.32 Å². The van der Waals surface area contributed by atoms with Crippen LogP contribution in [0.1, 0.15) is 56.9 Å². The van der Waals surface area contributed by atoms with Crippen molar-refractivity contribution in [2.24, 2.45) is 0 Å². The first-order chi connectivity index (χ1) is 9.74. The second-order valence-electron chi connectivity index (χ2n) is 6.15. The second kappa shape index (κ2) is 7.58. The van der Waals surface area contributed by atoms with E-state index in [4.69, 9.17) is 0 Å². The van der Waals surface area contributed by atoms with E-state index in [0.717, 1.165) is 38.5 Å². The number of Topliss-reactive ketones (excluding diaryl/α,β-unsaturated/α-hetero) is 1. The van der Waals surface area contributed by atoms with Crippen LogP contribution in [0.3, 0.4) is 0 Å². The number of aryl methyl sites for hydroxylation is 1. The highest BCUT2D eigenvalue weighted by atomic mass is 16.1. The molecule has 0 bridgehead atoms. The SMILES string of the molecule is CNC1(CC(=O)CCCc2ccccc2)CCCCC1. The van der Waals surface area contributed by atoms with Gasteiger partial charge in [0.25, 0.3) is 0 Å². The summed E-state index contributed by atoms with van der Waals surface area (Å²) < 4.78 is 0. The van der Waals surface area contributed by atoms with Gasteiger partial charge in [0.15, 0.2) is 0 Å². The minimum absolute atomic E-state index is 0.0993. The lowest BCUT2D eigenvalue weighted by Crippen LogP contribution is -2.46. The average molecular weight is 273 g/mol.